The lowest BCUT2D eigenvalue weighted by molar-refractivity contribution is 0.0520. The predicted molar refractivity (Wildman–Crippen MR) is 134 cm³/mol. The molecule has 36 heavy (non-hydrogen) atoms. The summed E-state index contributed by atoms with van der Waals surface area (Å²) in [6.45, 7) is 6.12. The number of carbonyl (C=O) groups excluding carboxylic acids is 1. The molecule has 0 spiro atoms. The van der Waals surface area contributed by atoms with Crippen LogP contribution in [-0.4, -0.2) is 47.6 Å². The number of methoxy groups -OCH3 is 1. The normalized spacial score (nSPS) is 11.7. The van der Waals surface area contributed by atoms with Crippen LogP contribution in [0.1, 0.15) is 30.2 Å². The number of nitrogens with one attached hydrogen (secondary N) is 1. The molecule has 0 saturated carbocycles. The number of esters is 1. The Morgan fingerprint density at radius 1 is 1.11 bits per heavy atom. The highest BCUT2D eigenvalue weighted by Crippen LogP contribution is 2.33. The maximum Gasteiger partial charge on any atom is 0.357 e. The lowest BCUT2D eigenvalue weighted by Gasteiger charge is -2.16. The van der Waals surface area contributed by atoms with E-state index in [1.165, 1.54) is 11.3 Å². The van der Waals surface area contributed by atoms with Gasteiger partial charge in [0.1, 0.15) is 23.4 Å². The van der Waals surface area contributed by atoms with Gasteiger partial charge in [-0.3, -0.25) is 0 Å². The monoisotopic (exact) mass is 510 g/mol. The average Bonchev–Trinajstić information content (AvgIpc) is 3.49. The number of aryl methyl sites for hydroxylation is 1. The zero-order chi connectivity index (χ0) is 25.5. The maximum atomic E-state index is 11.9. The Balaban J connectivity index is 1.55. The van der Waals surface area contributed by atoms with E-state index < -0.39 is 5.97 Å². The van der Waals surface area contributed by atoms with Crippen LogP contribution in [0.15, 0.2) is 52.3 Å². The molecule has 1 atom stereocenters. The van der Waals surface area contributed by atoms with Gasteiger partial charge in [0.15, 0.2) is 10.8 Å². The van der Waals surface area contributed by atoms with Gasteiger partial charge in [0, 0.05) is 48.9 Å². The van der Waals surface area contributed by atoms with Crippen LogP contribution in [0.25, 0.3) is 11.5 Å². The molecule has 188 valence electrons. The molecule has 2 aromatic heterocycles. The quantitative estimate of drug-likeness (QED) is 0.254. The summed E-state index contributed by atoms with van der Waals surface area (Å²) in [5.41, 5.74) is 1.71. The maximum absolute atomic E-state index is 11.9. The first-order chi connectivity index (χ1) is 17.4. The highest BCUT2D eigenvalue weighted by Gasteiger charge is 2.14. The fourth-order valence-corrected chi connectivity index (χ4v) is 3.94. The van der Waals surface area contributed by atoms with Crippen LogP contribution in [0, 0.1) is 6.92 Å². The van der Waals surface area contributed by atoms with Crippen molar-refractivity contribution in [2.75, 3.05) is 25.6 Å². The largest absolute Gasteiger partial charge is 0.488 e. The minimum atomic E-state index is -0.463. The van der Waals surface area contributed by atoms with Crippen molar-refractivity contribution in [3.63, 3.8) is 0 Å². The first-order valence-corrected chi connectivity index (χ1v) is 12.1. The van der Waals surface area contributed by atoms with Crippen molar-refractivity contribution < 1.29 is 28.2 Å². The molecule has 1 N–H and O–H groups in total. The fourth-order valence-electron chi connectivity index (χ4n) is 3.24. The van der Waals surface area contributed by atoms with Crippen molar-refractivity contribution >= 4 is 28.1 Å². The number of carbonyl (C=O) groups is 1. The number of thiazole rings is 1. The predicted octanol–water partition coefficient (Wildman–Crippen LogP) is 5.63. The topological polar surface area (TPSA) is 118 Å². The Hall–Kier alpha value is -3.96. The molecule has 4 rings (SSSR count). The van der Waals surface area contributed by atoms with Gasteiger partial charge in [0.05, 0.1) is 13.2 Å². The van der Waals surface area contributed by atoms with Crippen LogP contribution >= 0.6 is 11.3 Å². The third-order valence-corrected chi connectivity index (χ3v) is 5.48. The van der Waals surface area contributed by atoms with Crippen LogP contribution in [0.3, 0.4) is 0 Å². The van der Waals surface area contributed by atoms with Crippen molar-refractivity contribution in [1.82, 2.24) is 15.2 Å². The molecule has 2 aromatic carbocycles. The van der Waals surface area contributed by atoms with Gasteiger partial charge in [-0.1, -0.05) is 0 Å². The van der Waals surface area contributed by atoms with Gasteiger partial charge in [-0.2, -0.15) is 0 Å². The van der Waals surface area contributed by atoms with Crippen LogP contribution in [-0.2, 0) is 9.47 Å². The van der Waals surface area contributed by atoms with Crippen LogP contribution < -0.4 is 14.8 Å². The van der Waals surface area contributed by atoms with Gasteiger partial charge < -0.3 is 28.7 Å². The summed E-state index contributed by atoms with van der Waals surface area (Å²) in [5.74, 6) is 2.22. The van der Waals surface area contributed by atoms with Gasteiger partial charge in [-0.15, -0.1) is 21.5 Å². The van der Waals surface area contributed by atoms with Crippen molar-refractivity contribution in [1.29, 1.82) is 0 Å². The summed E-state index contributed by atoms with van der Waals surface area (Å²) in [7, 11) is 1.62. The number of hydrogen-bond donors (Lipinski definition) is 1. The second-order valence-corrected chi connectivity index (χ2v) is 8.57. The van der Waals surface area contributed by atoms with Gasteiger partial charge in [-0.25, -0.2) is 9.78 Å². The SMILES string of the molecule is CCOC(=O)c1csc(Nc2cc(Oc3ccc(-c4nnc(C)o4)cc3)cc(OC(C)COC)c2)n1. The number of ether oxygens (including phenoxy) is 4. The Kier molecular flexibility index (Phi) is 8.13. The average molecular weight is 511 g/mol. The molecule has 4 aromatic rings. The summed E-state index contributed by atoms with van der Waals surface area (Å²) in [6.07, 6.45) is -0.175. The Morgan fingerprint density at radius 3 is 2.58 bits per heavy atom. The van der Waals surface area contributed by atoms with Crippen molar-refractivity contribution in [3.05, 3.63) is 59.4 Å². The molecule has 11 heteroatoms. The van der Waals surface area contributed by atoms with E-state index in [0.717, 1.165) is 5.56 Å². The summed E-state index contributed by atoms with van der Waals surface area (Å²) in [4.78, 5) is 16.3. The molecule has 1 unspecified atom stereocenters. The molecule has 0 saturated heterocycles. The Labute approximate surface area is 212 Å². The number of aromatic nitrogens is 3. The fraction of sp³-hybridized carbons (Fsp3) is 0.280. The van der Waals surface area contributed by atoms with E-state index in [4.69, 9.17) is 23.4 Å². The van der Waals surface area contributed by atoms with Crippen molar-refractivity contribution in [2.45, 2.75) is 26.9 Å². The van der Waals surface area contributed by atoms with Gasteiger partial charge in [0.2, 0.25) is 11.8 Å². The number of hydrogen-bond acceptors (Lipinski definition) is 11. The molecular weight excluding hydrogens is 484 g/mol. The molecule has 0 bridgehead atoms. The molecular formula is C25H26N4O6S. The molecule has 0 aliphatic carbocycles. The highest BCUT2D eigenvalue weighted by atomic mass is 32.1. The standard InChI is InChI=1S/C25H26N4O6S/c1-5-32-24(30)22-14-36-25(27-22)26-18-10-20(33-15(2)13-31-4)12-21(11-18)35-19-8-6-17(7-9-19)23-29-28-16(3)34-23/h6-12,14-15H,5,13H2,1-4H3,(H,26,27). The van der Waals surface area contributed by atoms with Gasteiger partial charge in [-0.05, 0) is 38.1 Å². The number of anilines is 2. The first kappa shape index (κ1) is 25.1. The van der Waals surface area contributed by atoms with Crippen LogP contribution in [0.5, 0.6) is 17.2 Å². The van der Waals surface area contributed by atoms with Crippen LogP contribution in [0.2, 0.25) is 0 Å². The summed E-state index contributed by atoms with van der Waals surface area (Å²) >= 11 is 1.29. The minimum absolute atomic E-state index is 0.175. The van der Waals surface area contributed by atoms with E-state index in [0.29, 0.717) is 46.5 Å². The molecule has 2 heterocycles. The molecule has 0 aliphatic rings. The smallest absolute Gasteiger partial charge is 0.357 e. The van der Waals surface area contributed by atoms with E-state index in [-0.39, 0.29) is 18.4 Å². The van der Waals surface area contributed by atoms with Crippen molar-refractivity contribution in [3.8, 4) is 28.7 Å². The Morgan fingerprint density at radius 2 is 1.89 bits per heavy atom. The third kappa shape index (κ3) is 6.58. The zero-order valence-corrected chi connectivity index (χ0v) is 21.1. The molecule has 0 amide bonds. The second kappa shape index (κ2) is 11.6. The summed E-state index contributed by atoms with van der Waals surface area (Å²) in [6, 6.07) is 12.7. The lowest BCUT2D eigenvalue weighted by atomic mass is 10.2. The number of rotatable bonds is 11. The molecule has 0 aliphatic heterocycles. The highest BCUT2D eigenvalue weighted by molar-refractivity contribution is 7.14. The minimum Gasteiger partial charge on any atom is -0.488 e. The molecule has 0 radical (unpaired) electrons. The van der Waals surface area contributed by atoms with E-state index in [9.17, 15) is 4.79 Å². The van der Waals surface area contributed by atoms with Crippen LogP contribution in [0.4, 0.5) is 10.8 Å². The molecule has 10 nitrogen and oxygen atoms in total. The lowest BCUT2D eigenvalue weighted by Crippen LogP contribution is -2.18. The molecule has 0 fully saturated rings. The summed E-state index contributed by atoms with van der Waals surface area (Å²) < 4.78 is 27.8. The van der Waals surface area contributed by atoms with Crippen molar-refractivity contribution in [2.24, 2.45) is 0 Å². The Bertz CT molecular complexity index is 1300. The number of nitrogens with zero attached hydrogens (tertiary/aromatic N) is 3. The number of benzene rings is 2. The van der Waals surface area contributed by atoms with E-state index >= 15 is 0 Å². The third-order valence-electron chi connectivity index (χ3n) is 4.72. The summed E-state index contributed by atoms with van der Waals surface area (Å²) in [5, 5.41) is 13.3. The zero-order valence-electron chi connectivity index (χ0n) is 20.3. The van der Waals surface area contributed by atoms with E-state index in [1.807, 2.05) is 43.3 Å². The van der Waals surface area contributed by atoms with Gasteiger partial charge >= 0.3 is 5.97 Å². The van der Waals surface area contributed by atoms with E-state index in [2.05, 4.69) is 20.5 Å². The first-order valence-electron chi connectivity index (χ1n) is 11.2. The second-order valence-electron chi connectivity index (χ2n) is 7.71. The van der Waals surface area contributed by atoms with Gasteiger partial charge in [0.25, 0.3) is 0 Å². The van der Waals surface area contributed by atoms with E-state index in [1.54, 1.807) is 32.4 Å².